The van der Waals surface area contributed by atoms with Crippen LogP contribution in [0.4, 0.5) is 5.69 Å². The minimum Gasteiger partial charge on any atom is -0.489 e. The lowest BCUT2D eigenvalue weighted by Gasteiger charge is -2.28. The molecule has 0 saturated carbocycles. The van der Waals surface area contributed by atoms with Gasteiger partial charge < -0.3 is 10.1 Å². The van der Waals surface area contributed by atoms with Crippen LogP contribution in [0.5, 0.6) is 5.75 Å². The average molecular weight is 431 g/mol. The average Bonchev–Trinajstić information content (AvgIpc) is 2.69. The van der Waals surface area contributed by atoms with Crippen LogP contribution in [-0.4, -0.2) is 33.5 Å². The first-order valence-electron chi connectivity index (χ1n) is 10.3. The summed E-state index contributed by atoms with van der Waals surface area (Å²) in [5, 5.41) is 2.78. The summed E-state index contributed by atoms with van der Waals surface area (Å²) in [6, 6.07) is 12.3. The molecule has 0 radical (unpaired) electrons. The Balaban J connectivity index is 1.84. The van der Waals surface area contributed by atoms with E-state index in [-0.39, 0.29) is 22.8 Å². The van der Waals surface area contributed by atoms with E-state index in [2.05, 4.69) is 5.32 Å². The maximum Gasteiger partial charge on any atom is 0.264 e. The standard InChI is InChI=1S/C23H30N2O4S/c1-16(2)15-25(22-11-5-17(3)13-18(22)4)30(27,28)21-9-6-19(7-10-21)29-20-8-12-23(26)24-14-20/h5-7,9-11,13,16,20H,8,12,14-15H2,1-4H3,(H,24,26). The summed E-state index contributed by atoms with van der Waals surface area (Å²) < 4.78 is 34.4. The van der Waals surface area contributed by atoms with Crippen molar-refractivity contribution in [2.75, 3.05) is 17.4 Å². The molecule has 7 heteroatoms. The molecule has 1 unspecified atom stereocenters. The molecule has 6 nitrogen and oxygen atoms in total. The van der Waals surface area contributed by atoms with E-state index in [4.69, 9.17) is 4.74 Å². The van der Waals surface area contributed by atoms with E-state index in [1.54, 1.807) is 24.3 Å². The van der Waals surface area contributed by atoms with Crippen molar-refractivity contribution in [1.29, 1.82) is 0 Å². The number of rotatable bonds is 7. The van der Waals surface area contributed by atoms with Crippen molar-refractivity contribution < 1.29 is 17.9 Å². The number of carbonyl (C=O) groups is 1. The lowest BCUT2D eigenvalue weighted by molar-refractivity contribution is -0.123. The van der Waals surface area contributed by atoms with E-state index >= 15 is 0 Å². The van der Waals surface area contributed by atoms with Crippen LogP contribution in [0, 0.1) is 19.8 Å². The molecule has 1 saturated heterocycles. The molecule has 162 valence electrons. The van der Waals surface area contributed by atoms with E-state index < -0.39 is 10.0 Å². The normalized spacial score (nSPS) is 17.0. The Labute approximate surface area is 179 Å². The van der Waals surface area contributed by atoms with Gasteiger partial charge in [0.25, 0.3) is 10.0 Å². The third-order valence-corrected chi connectivity index (χ3v) is 6.88. The fourth-order valence-electron chi connectivity index (χ4n) is 3.56. The summed E-state index contributed by atoms with van der Waals surface area (Å²) in [4.78, 5) is 11.5. The number of sulfonamides is 1. The van der Waals surface area contributed by atoms with Gasteiger partial charge in [-0.1, -0.05) is 31.5 Å². The number of carbonyl (C=O) groups excluding carboxylic acids is 1. The fraction of sp³-hybridized carbons (Fsp3) is 0.435. The molecule has 3 rings (SSSR count). The number of benzene rings is 2. The number of aryl methyl sites for hydroxylation is 2. The van der Waals surface area contributed by atoms with Crippen LogP contribution in [0.2, 0.25) is 0 Å². The van der Waals surface area contributed by atoms with Crippen molar-refractivity contribution in [2.45, 2.75) is 51.5 Å². The zero-order valence-corrected chi connectivity index (χ0v) is 18.8. The highest BCUT2D eigenvalue weighted by atomic mass is 32.2. The van der Waals surface area contributed by atoms with E-state index in [0.29, 0.717) is 37.4 Å². The predicted molar refractivity (Wildman–Crippen MR) is 118 cm³/mol. The lowest BCUT2D eigenvalue weighted by Crippen LogP contribution is -2.40. The molecule has 1 heterocycles. The zero-order chi connectivity index (χ0) is 21.9. The predicted octanol–water partition coefficient (Wildman–Crippen LogP) is 3.81. The Hall–Kier alpha value is -2.54. The number of ether oxygens (including phenoxy) is 1. The van der Waals surface area contributed by atoms with Crippen molar-refractivity contribution in [3.63, 3.8) is 0 Å². The first kappa shape index (κ1) is 22.2. The molecule has 1 fully saturated rings. The molecule has 1 amide bonds. The van der Waals surface area contributed by atoms with Crippen molar-refractivity contribution in [2.24, 2.45) is 5.92 Å². The molecule has 30 heavy (non-hydrogen) atoms. The SMILES string of the molecule is Cc1ccc(N(CC(C)C)S(=O)(=O)c2ccc(OC3CCC(=O)NC3)cc2)c(C)c1. The third-order valence-electron chi connectivity index (χ3n) is 5.09. The molecule has 0 aromatic heterocycles. The fourth-order valence-corrected chi connectivity index (χ4v) is 5.26. The van der Waals surface area contributed by atoms with E-state index in [0.717, 1.165) is 11.1 Å². The molecule has 2 aromatic carbocycles. The summed E-state index contributed by atoms with van der Waals surface area (Å²) >= 11 is 0. The smallest absolute Gasteiger partial charge is 0.264 e. The van der Waals surface area contributed by atoms with Gasteiger partial charge in [-0.15, -0.1) is 0 Å². The quantitative estimate of drug-likeness (QED) is 0.725. The van der Waals surface area contributed by atoms with Crippen LogP contribution in [0.1, 0.15) is 37.8 Å². The molecular weight excluding hydrogens is 400 g/mol. The Bertz CT molecular complexity index is 990. The van der Waals surface area contributed by atoms with E-state index in [9.17, 15) is 13.2 Å². The van der Waals surface area contributed by atoms with Gasteiger partial charge in [0.1, 0.15) is 11.9 Å². The Morgan fingerprint density at radius 2 is 1.83 bits per heavy atom. The van der Waals surface area contributed by atoms with Gasteiger partial charge in [0.05, 0.1) is 17.1 Å². The van der Waals surface area contributed by atoms with Gasteiger partial charge in [-0.3, -0.25) is 9.10 Å². The third kappa shape index (κ3) is 5.14. The van der Waals surface area contributed by atoms with Gasteiger partial charge in [-0.25, -0.2) is 8.42 Å². The molecular formula is C23H30N2O4S. The number of nitrogens with zero attached hydrogens (tertiary/aromatic N) is 1. The molecule has 1 aliphatic heterocycles. The summed E-state index contributed by atoms with van der Waals surface area (Å²) in [5.74, 6) is 0.801. The first-order chi connectivity index (χ1) is 14.2. The largest absolute Gasteiger partial charge is 0.489 e. The number of anilines is 1. The van der Waals surface area contributed by atoms with Gasteiger partial charge in [0, 0.05) is 13.0 Å². The molecule has 0 spiro atoms. The van der Waals surface area contributed by atoms with E-state index in [1.807, 2.05) is 45.9 Å². The Kier molecular flexibility index (Phi) is 6.71. The van der Waals surface area contributed by atoms with Gasteiger partial charge in [0.2, 0.25) is 5.91 Å². The lowest BCUT2D eigenvalue weighted by atomic mass is 10.1. The minimum atomic E-state index is -3.72. The summed E-state index contributed by atoms with van der Waals surface area (Å²) in [5.41, 5.74) is 2.73. The summed E-state index contributed by atoms with van der Waals surface area (Å²) in [6.07, 6.45) is 0.996. The summed E-state index contributed by atoms with van der Waals surface area (Å²) in [6.45, 7) is 8.80. The van der Waals surface area contributed by atoms with E-state index in [1.165, 1.54) is 4.31 Å². The monoisotopic (exact) mass is 430 g/mol. The first-order valence-corrected chi connectivity index (χ1v) is 11.7. The van der Waals surface area contributed by atoms with Crippen molar-refractivity contribution in [3.05, 3.63) is 53.6 Å². The topological polar surface area (TPSA) is 75.7 Å². The van der Waals surface area contributed by atoms with Gasteiger partial charge in [-0.2, -0.15) is 0 Å². The molecule has 1 N–H and O–H groups in total. The second-order valence-electron chi connectivity index (χ2n) is 8.27. The maximum absolute atomic E-state index is 13.5. The van der Waals surface area contributed by atoms with Crippen LogP contribution >= 0.6 is 0 Å². The number of piperidine rings is 1. The molecule has 0 aliphatic carbocycles. The Morgan fingerprint density at radius 1 is 1.13 bits per heavy atom. The highest BCUT2D eigenvalue weighted by Crippen LogP contribution is 2.29. The van der Waals surface area contributed by atoms with Crippen molar-refractivity contribution in [1.82, 2.24) is 5.32 Å². The molecule has 1 aliphatic rings. The van der Waals surface area contributed by atoms with Crippen LogP contribution in [-0.2, 0) is 14.8 Å². The van der Waals surface area contributed by atoms with Crippen LogP contribution in [0.25, 0.3) is 0 Å². The Morgan fingerprint density at radius 3 is 2.40 bits per heavy atom. The van der Waals surface area contributed by atoms with Gasteiger partial charge in [-0.05, 0) is 62.1 Å². The second kappa shape index (κ2) is 9.08. The highest BCUT2D eigenvalue weighted by molar-refractivity contribution is 7.92. The van der Waals surface area contributed by atoms with Crippen molar-refractivity contribution >= 4 is 21.6 Å². The maximum atomic E-state index is 13.5. The molecule has 1 atom stereocenters. The summed E-state index contributed by atoms with van der Waals surface area (Å²) in [7, 11) is -3.72. The van der Waals surface area contributed by atoms with Crippen molar-refractivity contribution in [3.8, 4) is 5.75 Å². The van der Waals surface area contributed by atoms with Gasteiger partial charge >= 0.3 is 0 Å². The highest BCUT2D eigenvalue weighted by Gasteiger charge is 2.27. The number of hydrogen-bond acceptors (Lipinski definition) is 4. The van der Waals surface area contributed by atoms with Gasteiger partial charge in [0.15, 0.2) is 0 Å². The number of hydrogen-bond donors (Lipinski definition) is 1. The minimum absolute atomic E-state index is 0.0351. The number of nitrogens with one attached hydrogen (secondary N) is 1. The van der Waals surface area contributed by atoms with Crippen LogP contribution < -0.4 is 14.4 Å². The molecule has 2 aromatic rings. The van der Waals surface area contributed by atoms with Crippen LogP contribution in [0.15, 0.2) is 47.4 Å². The number of amides is 1. The zero-order valence-electron chi connectivity index (χ0n) is 18.0. The second-order valence-corrected chi connectivity index (χ2v) is 10.1. The van der Waals surface area contributed by atoms with Crippen LogP contribution in [0.3, 0.4) is 0 Å². The molecule has 0 bridgehead atoms.